The first-order chi connectivity index (χ1) is 17.2. The molecule has 3 rings (SSSR count). The highest BCUT2D eigenvalue weighted by Gasteiger charge is 2.35. The second kappa shape index (κ2) is 10.6. The van der Waals surface area contributed by atoms with Crippen molar-refractivity contribution >= 4 is 6.09 Å². The van der Waals surface area contributed by atoms with E-state index in [9.17, 15) is 31.9 Å². The number of carbonyl (C=O) groups excluding carboxylic acids is 1. The van der Waals surface area contributed by atoms with Crippen molar-refractivity contribution in [3.8, 4) is 0 Å². The van der Waals surface area contributed by atoms with E-state index < -0.39 is 58.7 Å². The van der Waals surface area contributed by atoms with Crippen molar-refractivity contribution in [1.29, 1.82) is 0 Å². The summed E-state index contributed by atoms with van der Waals surface area (Å²) in [5, 5.41) is 2.64. The summed E-state index contributed by atoms with van der Waals surface area (Å²) in [7, 11) is 0. The van der Waals surface area contributed by atoms with E-state index in [4.69, 9.17) is 4.74 Å². The van der Waals surface area contributed by atoms with Crippen molar-refractivity contribution in [2.24, 2.45) is 0 Å². The number of hydrogen-bond acceptors (Lipinski definition) is 4. The maximum atomic E-state index is 14.5. The first kappa shape index (κ1) is 27.7. The first-order valence-corrected chi connectivity index (χ1v) is 11.4. The van der Waals surface area contributed by atoms with Crippen LogP contribution in [0.5, 0.6) is 0 Å². The Morgan fingerprint density at radius 1 is 1.00 bits per heavy atom. The lowest BCUT2D eigenvalue weighted by molar-refractivity contribution is -0.138. The molecule has 0 aliphatic carbocycles. The van der Waals surface area contributed by atoms with Gasteiger partial charge in [0.25, 0.3) is 5.56 Å². The highest BCUT2D eigenvalue weighted by Crippen LogP contribution is 2.33. The number of halogens is 4. The van der Waals surface area contributed by atoms with Crippen molar-refractivity contribution < 1.29 is 27.1 Å². The van der Waals surface area contributed by atoms with Gasteiger partial charge in [0.2, 0.25) is 0 Å². The van der Waals surface area contributed by atoms with E-state index in [0.717, 1.165) is 33.4 Å². The van der Waals surface area contributed by atoms with Gasteiger partial charge < -0.3 is 10.1 Å². The van der Waals surface area contributed by atoms with Crippen LogP contribution in [0.15, 0.2) is 64.2 Å². The molecular formula is C26H27F4N3O4. The molecule has 3 aromatic rings. The van der Waals surface area contributed by atoms with Crippen molar-refractivity contribution in [2.45, 2.75) is 58.6 Å². The van der Waals surface area contributed by atoms with Crippen LogP contribution in [0.4, 0.5) is 22.4 Å². The van der Waals surface area contributed by atoms with Crippen molar-refractivity contribution in [2.75, 3.05) is 0 Å². The Bertz CT molecular complexity index is 1390. The standard InChI is InChI=1S/C26H27F4N3O4/c1-16-13-22(34)33(15-21(17-9-6-5-7-10-17)31-23(35)37-25(2,3)4)24(36)32(16)14-18-19(26(28,29)30)11-8-12-20(18)27/h5-13,21H,14-15H2,1-4H3,(H,31,35). The minimum Gasteiger partial charge on any atom is -0.444 e. The Morgan fingerprint density at radius 2 is 1.65 bits per heavy atom. The Balaban J connectivity index is 2.06. The SMILES string of the molecule is Cc1cc(=O)n(CC(NC(=O)OC(C)(C)C)c2ccccc2)c(=O)n1Cc1c(F)cccc1C(F)(F)F. The summed E-state index contributed by atoms with van der Waals surface area (Å²) in [6.45, 7) is 5.29. The van der Waals surface area contributed by atoms with Gasteiger partial charge in [0.1, 0.15) is 11.4 Å². The third kappa shape index (κ3) is 6.87. The zero-order chi connectivity index (χ0) is 27.5. The Labute approximate surface area is 210 Å². The van der Waals surface area contributed by atoms with Gasteiger partial charge in [-0.1, -0.05) is 36.4 Å². The second-order valence-corrected chi connectivity index (χ2v) is 9.48. The Morgan fingerprint density at radius 3 is 2.24 bits per heavy atom. The molecular weight excluding hydrogens is 494 g/mol. The fourth-order valence-electron chi connectivity index (χ4n) is 3.78. The van der Waals surface area contributed by atoms with Gasteiger partial charge in [-0.15, -0.1) is 0 Å². The number of benzene rings is 2. The number of amides is 1. The van der Waals surface area contributed by atoms with Crippen LogP contribution in [0.3, 0.4) is 0 Å². The van der Waals surface area contributed by atoms with Crippen LogP contribution in [-0.2, 0) is 24.0 Å². The fourth-order valence-corrected chi connectivity index (χ4v) is 3.78. The van der Waals surface area contributed by atoms with E-state index >= 15 is 0 Å². The van der Waals surface area contributed by atoms with Gasteiger partial charge in [-0.3, -0.25) is 13.9 Å². The third-order valence-corrected chi connectivity index (χ3v) is 5.48. The molecule has 1 amide bonds. The molecule has 0 bridgehead atoms. The number of alkyl halides is 3. The maximum absolute atomic E-state index is 14.5. The summed E-state index contributed by atoms with van der Waals surface area (Å²) in [5.74, 6) is -1.13. The molecule has 0 fully saturated rings. The van der Waals surface area contributed by atoms with Gasteiger partial charge in [-0.25, -0.2) is 14.0 Å². The predicted octanol–water partition coefficient (Wildman–Crippen LogP) is 4.79. The number of carbonyl (C=O) groups is 1. The van der Waals surface area contributed by atoms with Crippen LogP contribution in [0, 0.1) is 12.7 Å². The minimum absolute atomic E-state index is 0.0546. The van der Waals surface area contributed by atoms with E-state index in [0.29, 0.717) is 5.56 Å². The lowest BCUT2D eigenvalue weighted by Crippen LogP contribution is -2.45. The maximum Gasteiger partial charge on any atom is 0.416 e. The average Bonchev–Trinajstić information content (AvgIpc) is 2.78. The predicted molar refractivity (Wildman–Crippen MR) is 129 cm³/mol. The summed E-state index contributed by atoms with van der Waals surface area (Å²) in [5.41, 5.74) is -3.82. The van der Waals surface area contributed by atoms with Crippen LogP contribution in [0.2, 0.25) is 0 Å². The molecule has 1 atom stereocenters. The second-order valence-electron chi connectivity index (χ2n) is 9.48. The van der Waals surface area contributed by atoms with E-state index in [-0.39, 0.29) is 12.2 Å². The molecule has 1 aromatic heterocycles. The number of aryl methyl sites for hydroxylation is 1. The highest BCUT2D eigenvalue weighted by atomic mass is 19.4. The smallest absolute Gasteiger partial charge is 0.416 e. The summed E-state index contributed by atoms with van der Waals surface area (Å²) in [6, 6.07) is 11.2. The van der Waals surface area contributed by atoms with E-state index in [1.807, 2.05) is 0 Å². The number of nitrogens with one attached hydrogen (secondary N) is 1. The van der Waals surface area contributed by atoms with Crippen molar-refractivity contribution in [1.82, 2.24) is 14.5 Å². The number of rotatable bonds is 6. The third-order valence-electron chi connectivity index (χ3n) is 5.48. The topological polar surface area (TPSA) is 82.3 Å². The van der Waals surface area contributed by atoms with Crippen molar-refractivity contribution in [3.05, 3.63) is 104 Å². The van der Waals surface area contributed by atoms with Crippen molar-refractivity contribution in [3.63, 3.8) is 0 Å². The number of alkyl carbamates (subject to hydrolysis) is 1. The molecule has 1 heterocycles. The summed E-state index contributed by atoms with van der Waals surface area (Å²) >= 11 is 0. The Hall–Kier alpha value is -3.89. The zero-order valence-electron chi connectivity index (χ0n) is 20.7. The van der Waals surface area contributed by atoms with E-state index in [2.05, 4.69) is 5.32 Å². The minimum atomic E-state index is -4.85. The molecule has 2 aromatic carbocycles. The molecule has 37 heavy (non-hydrogen) atoms. The fraction of sp³-hybridized carbons (Fsp3) is 0.346. The average molecular weight is 522 g/mol. The first-order valence-electron chi connectivity index (χ1n) is 11.4. The molecule has 0 radical (unpaired) electrons. The number of aromatic nitrogens is 2. The van der Waals surface area contributed by atoms with E-state index in [1.54, 1.807) is 51.1 Å². The van der Waals surface area contributed by atoms with Crippen LogP contribution in [0.25, 0.3) is 0 Å². The van der Waals surface area contributed by atoms with Gasteiger partial charge in [-0.05, 0) is 45.4 Å². The molecule has 0 aliphatic heterocycles. The summed E-state index contributed by atoms with van der Waals surface area (Å²) < 4.78 is 62.0. The molecule has 198 valence electrons. The monoisotopic (exact) mass is 521 g/mol. The quantitative estimate of drug-likeness (QED) is 0.473. The largest absolute Gasteiger partial charge is 0.444 e. The number of ether oxygens (including phenoxy) is 1. The molecule has 1 N–H and O–H groups in total. The van der Waals surface area contributed by atoms with Crippen LogP contribution in [-0.4, -0.2) is 20.8 Å². The van der Waals surface area contributed by atoms with Gasteiger partial charge in [0.05, 0.1) is 24.7 Å². The summed E-state index contributed by atoms with van der Waals surface area (Å²) in [4.78, 5) is 38.6. The van der Waals surface area contributed by atoms with Gasteiger partial charge in [0, 0.05) is 17.3 Å². The van der Waals surface area contributed by atoms with Crippen LogP contribution < -0.4 is 16.6 Å². The molecule has 1 unspecified atom stereocenters. The van der Waals surface area contributed by atoms with Gasteiger partial charge in [-0.2, -0.15) is 13.2 Å². The van der Waals surface area contributed by atoms with E-state index in [1.165, 1.54) is 6.92 Å². The number of hydrogen-bond donors (Lipinski definition) is 1. The van der Waals surface area contributed by atoms with Gasteiger partial charge in [0.15, 0.2) is 0 Å². The van der Waals surface area contributed by atoms with Crippen LogP contribution in [0.1, 0.15) is 49.2 Å². The lowest BCUT2D eigenvalue weighted by atomic mass is 10.1. The zero-order valence-corrected chi connectivity index (χ0v) is 20.7. The van der Waals surface area contributed by atoms with Crippen LogP contribution >= 0.6 is 0 Å². The summed E-state index contributed by atoms with van der Waals surface area (Å²) in [6.07, 6.45) is -5.64. The molecule has 0 aliphatic rings. The molecule has 11 heteroatoms. The number of nitrogens with zero attached hydrogens (tertiary/aromatic N) is 2. The Kier molecular flexibility index (Phi) is 7.94. The lowest BCUT2D eigenvalue weighted by Gasteiger charge is -2.25. The highest BCUT2D eigenvalue weighted by molar-refractivity contribution is 5.68. The van der Waals surface area contributed by atoms with Gasteiger partial charge >= 0.3 is 18.0 Å². The molecule has 0 saturated carbocycles. The molecule has 0 spiro atoms. The molecule has 7 nitrogen and oxygen atoms in total. The molecule has 0 saturated heterocycles. The normalized spacial score (nSPS) is 12.8.